The van der Waals surface area contributed by atoms with Crippen LogP contribution in [0.3, 0.4) is 0 Å². The number of rotatable bonds is 5. The summed E-state index contributed by atoms with van der Waals surface area (Å²) in [6.07, 6.45) is 0.329. The fraction of sp³-hybridized carbons (Fsp3) is 0.417. The molecular weight excluding hydrogens is 232 g/mol. The molecule has 96 valence electrons. The molecule has 1 rings (SSSR count). The van der Waals surface area contributed by atoms with Gasteiger partial charge in [0.2, 0.25) is 0 Å². The maximum atomic E-state index is 11.2. The second kappa shape index (κ2) is 5.93. The molecule has 0 bridgehead atoms. The van der Waals surface area contributed by atoms with Gasteiger partial charge >= 0.3 is 5.97 Å². The molecule has 0 spiro atoms. The molecule has 6 nitrogen and oxygen atoms in total. The van der Waals surface area contributed by atoms with Crippen molar-refractivity contribution in [1.82, 2.24) is 0 Å². The lowest BCUT2D eigenvalue weighted by Crippen LogP contribution is -2.09. The molecule has 0 amide bonds. The number of anilines is 1. The SMILES string of the molecule is CC(C)c1cc(N)c(CCN=[N+]=[N-])c(C(=O)O)c1. The molecule has 1 aromatic carbocycles. The summed E-state index contributed by atoms with van der Waals surface area (Å²) >= 11 is 0. The summed E-state index contributed by atoms with van der Waals surface area (Å²) in [6, 6.07) is 3.41. The van der Waals surface area contributed by atoms with E-state index in [1.165, 1.54) is 0 Å². The molecule has 0 radical (unpaired) electrons. The first-order chi connectivity index (χ1) is 8.47. The Hall–Kier alpha value is -2.20. The van der Waals surface area contributed by atoms with Crippen LogP contribution in [0.1, 0.15) is 41.3 Å². The van der Waals surface area contributed by atoms with Crippen LogP contribution >= 0.6 is 0 Å². The normalized spacial score (nSPS) is 10.2. The van der Waals surface area contributed by atoms with Crippen molar-refractivity contribution in [2.75, 3.05) is 12.3 Å². The smallest absolute Gasteiger partial charge is 0.336 e. The van der Waals surface area contributed by atoms with Gasteiger partial charge in [-0.15, -0.1) is 0 Å². The van der Waals surface area contributed by atoms with Crippen molar-refractivity contribution in [1.29, 1.82) is 0 Å². The monoisotopic (exact) mass is 248 g/mol. The average Bonchev–Trinajstić information content (AvgIpc) is 2.30. The average molecular weight is 248 g/mol. The first kappa shape index (κ1) is 13.9. The second-order valence-electron chi connectivity index (χ2n) is 4.30. The maximum absolute atomic E-state index is 11.2. The number of nitrogen functional groups attached to an aromatic ring is 1. The topological polar surface area (TPSA) is 112 Å². The van der Waals surface area contributed by atoms with E-state index in [4.69, 9.17) is 11.3 Å². The number of benzene rings is 1. The summed E-state index contributed by atoms with van der Waals surface area (Å²) in [5.74, 6) is -0.809. The van der Waals surface area contributed by atoms with Gasteiger partial charge in [-0.1, -0.05) is 19.0 Å². The molecular formula is C12H16N4O2. The van der Waals surface area contributed by atoms with Crippen LogP contribution in [0.15, 0.2) is 17.2 Å². The Morgan fingerprint density at radius 2 is 2.22 bits per heavy atom. The van der Waals surface area contributed by atoms with E-state index in [0.29, 0.717) is 17.7 Å². The lowest BCUT2D eigenvalue weighted by atomic mass is 9.94. The molecule has 0 saturated heterocycles. The molecule has 0 saturated carbocycles. The molecule has 0 unspecified atom stereocenters. The Balaban J connectivity index is 3.22. The summed E-state index contributed by atoms with van der Waals surface area (Å²) in [7, 11) is 0. The second-order valence-corrected chi connectivity index (χ2v) is 4.30. The Morgan fingerprint density at radius 1 is 1.56 bits per heavy atom. The number of azide groups is 1. The van der Waals surface area contributed by atoms with Gasteiger partial charge in [-0.25, -0.2) is 4.79 Å². The number of nitrogens with zero attached hydrogens (tertiary/aromatic N) is 3. The number of carbonyl (C=O) groups is 1. The van der Waals surface area contributed by atoms with Gasteiger partial charge < -0.3 is 10.8 Å². The van der Waals surface area contributed by atoms with Crippen LogP contribution in [-0.4, -0.2) is 17.6 Å². The first-order valence-corrected chi connectivity index (χ1v) is 5.63. The van der Waals surface area contributed by atoms with Crippen LogP contribution in [0, 0.1) is 0 Å². The van der Waals surface area contributed by atoms with Gasteiger partial charge in [-0.3, -0.25) is 0 Å². The Kier molecular flexibility index (Phi) is 4.57. The molecule has 1 aromatic rings. The molecule has 0 aliphatic heterocycles. The third-order valence-electron chi connectivity index (χ3n) is 2.73. The van der Waals surface area contributed by atoms with Crippen molar-refractivity contribution in [2.24, 2.45) is 5.11 Å². The largest absolute Gasteiger partial charge is 0.478 e. The number of carboxylic acid groups (broad SMARTS) is 1. The van der Waals surface area contributed by atoms with E-state index in [1.807, 2.05) is 13.8 Å². The van der Waals surface area contributed by atoms with Crippen molar-refractivity contribution in [3.63, 3.8) is 0 Å². The van der Waals surface area contributed by atoms with Crippen LogP contribution in [0.4, 0.5) is 5.69 Å². The van der Waals surface area contributed by atoms with Crippen molar-refractivity contribution in [3.8, 4) is 0 Å². The fourth-order valence-electron chi connectivity index (χ4n) is 1.73. The van der Waals surface area contributed by atoms with E-state index in [9.17, 15) is 9.90 Å². The van der Waals surface area contributed by atoms with Crippen molar-refractivity contribution in [3.05, 3.63) is 39.3 Å². The minimum atomic E-state index is -1.01. The van der Waals surface area contributed by atoms with Gasteiger partial charge in [-0.05, 0) is 41.1 Å². The Bertz CT molecular complexity index is 505. The lowest BCUT2D eigenvalue weighted by molar-refractivity contribution is 0.0695. The summed E-state index contributed by atoms with van der Waals surface area (Å²) < 4.78 is 0. The van der Waals surface area contributed by atoms with E-state index in [-0.39, 0.29) is 18.0 Å². The number of hydrogen-bond acceptors (Lipinski definition) is 3. The predicted molar refractivity (Wildman–Crippen MR) is 69.6 cm³/mol. The van der Waals surface area contributed by atoms with E-state index in [2.05, 4.69) is 10.0 Å². The molecule has 18 heavy (non-hydrogen) atoms. The van der Waals surface area contributed by atoms with Crippen LogP contribution < -0.4 is 5.73 Å². The van der Waals surface area contributed by atoms with Gasteiger partial charge in [0.25, 0.3) is 0 Å². The molecule has 3 N–H and O–H groups in total. The van der Waals surface area contributed by atoms with Crippen LogP contribution in [0.5, 0.6) is 0 Å². The van der Waals surface area contributed by atoms with Gasteiger partial charge in [-0.2, -0.15) is 0 Å². The van der Waals surface area contributed by atoms with Gasteiger partial charge in [0.1, 0.15) is 0 Å². The third kappa shape index (κ3) is 3.15. The highest BCUT2D eigenvalue weighted by Crippen LogP contribution is 2.25. The zero-order valence-electron chi connectivity index (χ0n) is 10.4. The summed E-state index contributed by atoms with van der Waals surface area (Å²) in [4.78, 5) is 13.9. The number of hydrogen-bond donors (Lipinski definition) is 2. The highest BCUT2D eigenvalue weighted by Gasteiger charge is 2.15. The van der Waals surface area contributed by atoms with E-state index in [1.54, 1.807) is 12.1 Å². The van der Waals surface area contributed by atoms with E-state index < -0.39 is 5.97 Å². The minimum absolute atomic E-state index is 0.187. The standard InChI is InChI=1S/C12H16N4O2/c1-7(2)8-5-10(12(17)18)9(11(13)6-8)3-4-15-16-14/h5-7H,3-4,13H2,1-2H3,(H,17,18). The Morgan fingerprint density at radius 3 is 2.72 bits per heavy atom. The molecule has 0 aromatic heterocycles. The summed E-state index contributed by atoms with van der Waals surface area (Å²) in [5.41, 5.74) is 16.1. The predicted octanol–water partition coefficient (Wildman–Crippen LogP) is 2.94. The highest BCUT2D eigenvalue weighted by atomic mass is 16.4. The van der Waals surface area contributed by atoms with Crippen molar-refractivity contribution < 1.29 is 9.90 Å². The molecule has 0 atom stereocenters. The number of nitrogens with two attached hydrogens (primary N) is 1. The van der Waals surface area contributed by atoms with Gasteiger partial charge in [0.05, 0.1) is 5.56 Å². The van der Waals surface area contributed by atoms with Crippen molar-refractivity contribution >= 4 is 11.7 Å². The molecule has 0 aliphatic rings. The molecule has 0 heterocycles. The van der Waals surface area contributed by atoms with E-state index >= 15 is 0 Å². The summed E-state index contributed by atoms with van der Waals surface area (Å²) in [5, 5.41) is 12.6. The van der Waals surface area contributed by atoms with Gasteiger partial charge in [0.15, 0.2) is 0 Å². The quantitative estimate of drug-likeness (QED) is 0.361. The van der Waals surface area contributed by atoms with Gasteiger partial charge in [0, 0.05) is 17.1 Å². The highest BCUT2D eigenvalue weighted by molar-refractivity contribution is 5.91. The maximum Gasteiger partial charge on any atom is 0.336 e. The zero-order valence-corrected chi connectivity index (χ0v) is 10.4. The Labute approximate surface area is 105 Å². The van der Waals surface area contributed by atoms with Crippen molar-refractivity contribution in [2.45, 2.75) is 26.2 Å². The van der Waals surface area contributed by atoms with Crippen LogP contribution in [0.2, 0.25) is 0 Å². The third-order valence-corrected chi connectivity index (χ3v) is 2.73. The van der Waals surface area contributed by atoms with Crippen LogP contribution in [-0.2, 0) is 6.42 Å². The van der Waals surface area contributed by atoms with Crippen LogP contribution in [0.25, 0.3) is 10.4 Å². The summed E-state index contributed by atoms with van der Waals surface area (Å²) in [6.45, 7) is 4.14. The molecule has 6 heteroatoms. The number of carboxylic acids is 1. The lowest BCUT2D eigenvalue weighted by Gasteiger charge is -2.13. The minimum Gasteiger partial charge on any atom is -0.478 e. The zero-order chi connectivity index (χ0) is 13.7. The fourth-order valence-corrected chi connectivity index (χ4v) is 1.73. The molecule has 0 fully saturated rings. The molecule has 0 aliphatic carbocycles. The first-order valence-electron chi connectivity index (χ1n) is 5.63. The number of aromatic carboxylic acids is 1. The van der Waals surface area contributed by atoms with E-state index in [0.717, 1.165) is 5.56 Å².